The van der Waals surface area contributed by atoms with Crippen LogP contribution in [0.25, 0.3) is 0 Å². The number of carbonyl (C=O) groups is 1. The van der Waals surface area contributed by atoms with E-state index in [4.69, 9.17) is 0 Å². The molecule has 1 rings (SSSR count). The van der Waals surface area contributed by atoms with Crippen LogP contribution in [0.4, 0.5) is 5.69 Å². The first-order valence-electron chi connectivity index (χ1n) is 4.92. The molecule has 0 aliphatic rings. The molecule has 15 heavy (non-hydrogen) atoms. The highest BCUT2D eigenvalue weighted by Gasteiger charge is 2.07. The molecule has 0 aliphatic carbocycles. The predicted octanol–water partition coefficient (Wildman–Crippen LogP) is 3.14. The number of halogens is 1. The number of rotatable bonds is 3. The van der Waals surface area contributed by atoms with Crippen LogP contribution in [0.5, 0.6) is 0 Å². The molecule has 0 saturated carbocycles. The normalized spacial score (nSPS) is 10.5. The number of amides is 1. The summed E-state index contributed by atoms with van der Waals surface area (Å²) >= 11 is 3.28. The number of carbonyl (C=O) groups excluding carboxylic acids is 1. The maximum Gasteiger partial charge on any atom is 0.224 e. The zero-order valence-corrected chi connectivity index (χ0v) is 10.8. The van der Waals surface area contributed by atoms with Crippen molar-refractivity contribution in [2.75, 3.05) is 5.32 Å². The Morgan fingerprint density at radius 2 is 2.20 bits per heavy atom. The van der Waals surface area contributed by atoms with Crippen molar-refractivity contribution in [3.05, 3.63) is 22.4 Å². The molecular formula is C11H15BrN2O. The minimum Gasteiger partial charge on any atom is -0.324 e. The summed E-state index contributed by atoms with van der Waals surface area (Å²) in [5, 5.41) is 2.85. The lowest BCUT2D eigenvalue weighted by molar-refractivity contribution is -0.116. The van der Waals surface area contributed by atoms with Crippen molar-refractivity contribution in [2.24, 2.45) is 5.92 Å². The smallest absolute Gasteiger partial charge is 0.224 e. The van der Waals surface area contributed by atoms with Crippen LogP contribution in [0.1, 0.15) is 26.0 Å². The van der Waals surface area contributed by atoms with Crippen LogP contribution in [0, 0.1) is 12.8 Å². The quantitative estimate of drug-likeness (QED) is 0.858. The van der Waals surface area contributed by atoms with Crippen LogP contribution < -0.4 is 5.32 Å². The van der Waals surface area contributed by atoms with Crippen LogP contribution >= 0.6 is 15.9 Å². The standard InChI is InChI=1S/C11H15BrN2O/c1-7(2)6-11(15)14-9-4-5-10(12)13-8(9)3/h4-5,7H,6H2,1-3H3,(H,14,15). The lowest BCUT2D eigenvalue weighted by Gasteiger charge is -2.09. The second kappa shape index (κ2) is 5.26. The Bertz CT molecular complexity index is 364. The van der Waals surface area contributed by atoms with Crippen molar-refractivity contribution in [1.82, 2.24) is 4.98 Å². The highest BCUT2D eigenvalue weighted by Crippen LogP contribution is 2.16. The highest BCUT2D eigenvalue weighted by molar-refractivity contribution is 9.10. The Morgan fingerprint density at radius 3 is 2.73 bits per heavy atom. The summed E-state index contributed by atoms with van der Waals surface area (Å²) in [5.74, 6) is 0.408. The number of pyridine rings is 1. The number of anilines is 1. The van der Waals surface area contributed by atoms with Crippen molar-refractivity contribution < 1.29 is 4.79 Å². The third kappa shape index (κ3) is 4.00. The van der Waals surface area contributed by atoms with E-state index in [1.807, 2.05) is 32.9 Å². The van der Waals surface area contributed by atoms with Crippen LogP contribution in [0.3, 0.4) is 0 Å². The molecule has 0 saturated heterocycles. The number of hydrogen-bond acceptors (Lipinski definition) is 2. The van der Waals surface area contributed by atoms with Gasteiger partial charge in [-0.05, 0) is 40.9 Å². The van der Waals surface area contributed by atoms with Crippen LogP contribution in [-0.4, -0.2) is 10.9 Å². The molecule has 1 aromatic rings. The van der Waals surface area contributed by atoms with Crippen molar-refractivity contribution in [1.29, 1.82) is 0 Å². The fourth-order valence-corrected chi connectivity index (χ4v) is 1.63. The molecule has 0 unspecified atom stereocenters. The fraction of sp³-hybridized carbons (Fsp3) is 0.455. The molecule has 0 radical (unpaired) electrons. The molecular weight excluding hydrogens is 256 g/mol. The van der Waals surface area contributed by atoms with Gasteiger partial charge in [-0.3, -0.25) is 4.79 Å². The van der Waals surface area contributed by atoms with E-state index < -0.39 is 0 Å². The number of hydrogen-bond donors (Lipinski definition) is 1. The molecule has 0 aliphatic heterocycles. The van der Waals surface area contributed by atoms with Gasteiger partial charge in [0.15, 0.2) is 0 Å². The Morgan fingerprint density at radius 1 is 1.53 bits per heavy atom. The summed E-state index contributed by atoms with van der Waals surface area (Å²) in [5.41, 5.74) is 1.60. The molecule has 0 spiro atoms. The molecule has 1 N–H and O–H groups in total. The largest absolute Gasteiger partial charge is 0.324 e. The van der Waals surface area contributed by atoms with Gasteiger partial charge in [-0.15, -0.1) is 0 Å². The van der Waals surface area contributed by atoms with E-state index in [-0.39, 0.29) is 5.91 Å². The number of aromatic nitrogens is 1. The van der Waals surface area contributed by atoms with Gasteiger partial charge in [-0.25, -0.2) is 4.98 Å². The van der Waals surface area contributed by atoms with E-state index in [0.29, 0.717) is 12.3 Å². The summed E-state index contributed by atoms with van der Waals surface area (Å²) < 4.78 is 0.779. The van der Waals surface area contributed by atoms with Crippen molar-refractivity contribution in [3.8, 4) is 0 Å². The first-order valence-corrected chi connectivity index (χ1v) is 5.71. The number of nitrogens with one attached hydrogen (secondary N) is 1. The molecule has 1 aromatic heterocycles. The number of nitrogens with zero attached hydrogens (tertiary/aromatic N) is 1. The van der Waals surface area contributed by atoms with Crippen molar-refractivity contribution in [3.63, 3.8) is 0 Å². The molecule has 1 amide bonds. The summed E-state index contributed by atoms with van der Waals surface area (Å²) in [6.45, 7) is 5.91. The minimum absolute atomic E-state index is 0.0391. The van der Waals surface area contributed by atoms with E-state index in [9.17, 15) is 4.79 Å². The maximum absolute atomic E-state index is 11.5. The summed E-state index contributed by atoms with van der Waals surface area (Å²) in [4.78, 5) is 15.7. The zero-order chi connectivity index (χ0) is 11.4. The van der Waals surface area contributed by atoms with Gasteiger partial charge in [-0.1, -0.05) is 13.8 Å². The van der Waals surface area contributed by atoms with Gasteiger partial charge in [0.1, 0.15) is 4.60 Å². The molecule has 0 aromatic carbocycles. The summed E-state index contributed by atoms with van der Waals surface area (Å²) in [7, 11) is 0. The summed E-state index contributed by atoms with van der Waals surface area (Å²) in [6, 6.07) is 3.67. The molecule has 1 heterocycles. The van der Waals surface area contributed by atoms with Gasteiger partial charge < -0.3 is 5.32 Å². The third-order valence-electron chi connectivity index (χ3n) is 1.92. The lowest BCUT2D eigenvalue weighted by Crippen LogP contribution is -2.14. The van der Waals surface area contributed by atoms with Gasteiger partial charge in [-0.2, -0.15) is 0 Å². The van der Waals surface area contributed by atoms with Crippen LogP contribution in [0.2, 0.25) is 0 Å². The minimum atomic E-state index is 0.0391. The Balaban J connectivity index is 2.68. The van der Waals surface area contributed by atoms with Gasteiger partial charge in [0, 0.05) is 6.42 Å². The van der Waals surface area contributed by atoms with E-state index in [0.717, 1.165) is 16.0 Å². The average molecular weight is 271 g/mol. The fourth-order valence-electron chi connectivity index (χ4n) is 1.23. The average Bonchev–Trinajstić information content (AvgIpc) is 2.08. The number of aryl methyl sites for hydroxylation is 1. The van der Waals surface area contributed by atoms with Gasteiger partial charge in [0.2, 0.25) is 5.91 Å². The first kappa shape index (κ1) is 12.2. The van der Waals surface area contributed by atoms with Crippen LogP contribution in [0.15, 0.2) is 16.7 Å². The van der Waals surface area contributed by atoms with E-state index in [2.05, 4.69) is 26.2 Å². The lowest BCUT2D eigenvalue weighted by atomic mass is 10.1. The first-order chi connectivity index (χ1) is 6.99. The van der Waals surface area contributed by atoms with Crippen molar-refractivity contribution >= 4 is 27.5 Å². The predicted molar refractivity (Wildman–Crippen MR) is 64.8 cm³/mol. The van der Waals surface area contributed by atoms with Crippen molar-refractivity contribution in [2.45, 2.75) is 27.2 Å². The van der Waals surface area contributed by atoms with E-state index >= 15 is 0 Å². The monoisotopic (exact) mass is 270 g/mol. The molecule has 3 nitrogen and oxygen atoms in total. The second-order valence-electron chi connectivity index (χ2n) is 3.91. The van der Waals surface area contributed by atoms with E-state index in [1.165, 1.54) is 0 Å². The van der Waals surface area contributed by atoms with Gasteiger partial charge in [0.05, 0.1) is 11.4 Å². The third-order valence-corrected chi connectivity index (χ3v) is 2.36. The topological polar surface area (TPSA) is 42.0 Å². The zero-order valence-electron chi connectivity index (χ0n) is 9.17. The second-order valence-corrected chi connectivity index (χ2v) is 4.73. The molecule has 0 fully saturated rings. The SMILES string of the molecule is Cc1nc(Br)ccc1NC(=O)CC(C)C. The molecule has 0 bridgehead atoms. The molecule has 82 valence electrons. The van der Waals surface area contributed by atoms with Crippen LogP contribution in [-0.2, 0) is 4.79 Å². The molecule has 4 heteroatoms. The maximum atomic E-state index is 11.5. The van der Waals surface area contributed by atoms with Gasteiger partial charge in [0.25, 0.3) is 0 Å². The highest BCUT2D eigenvalue weighted by atomic mass is 79.9. The Hall–Kier alpha value is -0.900. The Labute approximate surface area is 98.4 Å². The van der Waals surface area contributed by atoms with Gasteiger partial charge >= 0.3 is 0 Å². The summed E-state index contributed by atoms with van der Waals surface area (Å²) in [6.07, 6.45) is 0.537. The van der Waals surface area contributed by atoms with E-state index in [1.54, 1.807) is 0 Å². The Kier molecular flexibility index (Phi) is 4.27. The molecule has 0 atom stereocenters.